The second-order valence-electron chi connectivity index (χ2n) is 6.92. The van der Waals surface area contributed by atoms with Gasteiger partial charge in [-0.2, -0.15) is 0 Å². The van der Waals surface area contributed by atoms with E-state index in [0.29, 0.717) is 10.7 Å². The highest BCUT2D eigenvalue weighted by Gasteiger charge is 2.34. The minimum absolute atomic E-state index is 0.00423. The number of aromatic nitrogens is 1. The van der Waals surface area contributed by atoms with Crippen molar-refractivity contribution in [3.8, 4) is 11.4 Å². The lowest BCUT2D eigenvalue weighted by Gasteiger charge is -2.28. The largest absolute Gasteiger partial charge is 0.497 e. The van der Waals surface area contributed by atoms with E-state index < -0.39 is 11.8 Å². The molecule has 1 fully saturated rings. The number of anilines is 1. The number of ether oxygens (including phenoxy) is 1. The normalized spacial score (nSPS) is 15.4. The second kappa shape index (κ2) is 8.37. The van der Waals surface area contributed by atoms with Gasteiger partial charge in [0.1, 0.15) is 11.3 Å². The van der Waals surface area contributed by atoms with Gasteiger partial charge >= 0.3 is 0 Å². The van der Waals surface area contributed by atoms with E-state index in [9.17, 15) is 9.59 Å². The quantitative estimate of drug-likeness (QED) is 0.365. The van der Waals surface area contributed by atoms with Crippen LogP contribution in [0.15, 0.2) is 66.4 Å². The fourth-order valence-electron chi connectivity index (χ4n) is 3.35. The number of halogens is 1. The van der Waals surface area contributed by atoms with Crippen LogP contribution in [0.2, 0.25) is 5.02 Å². The summed E-state index contributed by atoms with van der Waals surface area (Å²) in [5, 5.41) is 3.15. The molecule has 1 aliphatic rings. The molecule has 0 spiro atoms. The van der Waals surface area contributed by atoms with Crippen molar-refractivity contribution >= 4 is 52.5 Å². The molecular weight excluding hydrogens is 434 g/mol. The van der Waals surface area contributed by atoms with Crippen LogP contribution in [0.5, 0.6) is 5.75 Å². The number of methoxy groups -OCH3 is 1. The molecule has 0 saturated carbocycles. The lowest BCUT2D eigenvalue weighted by atomic mass is 10.1. The van der Waals surface area contributed by atoms with Crippen molar-refractivity contribution in [2.24, 2.45) is 0 Å². The average Bonchev–Trinajstić information content (AvgIpc) is 3.12. The number of carbonyl (C=O) groups excluding carboxylic acids is 2. The molecular formula is C23H18ClN3O3S. The molecule has 8 heteroatoms. The molecule has 1 aliphatic heterocycles. The van der Waals surface area contributed by atoms with E-state index in [2.05, 4.69) is 5.32 Å². The van der Waals surface area contributed by atoms with Gasteiger partial charge in [0, 0.05) is 22.6 Å². The third-order valence-corrected chi connectivity index (χ3v) is 5.42. The van der Waals surface area contributed by atoms with Crippen LogP contribution in [0.3, 0.4) is 0 Å². The standard InChI is InChI=1S/C23H18ClN3O3S/c1-14-11-15(13-26(14)17-7-9-19(30-2)10-8-17)12-20-21(28)25-23(31)27(22(20)29)18-5-3-16(24)4-6-18/h3-13H,1-2H3,(H,25,28,31)/b20-12-. The van der Waals surface area contributed by atoms with Gasteiger partial charge in [-0.05, 0) is 85.4 Å². The smallest absolute Gasteiger partial charge is 0.270 e. The van der Waals surface area contributed by atoms with Crippen LogP contribution in [0, 0.1) is 6.92 Å². The van der Waals surface area contributed by atoms with Gasteiger partial charge in [0.25, 0.3) is 11.8 Å². The lowest BCUT2D eigenvalue weighted by Crippen LogP contribution is -2.54. The van der Waals surface area contributed by atoms with Crippen molar-refractivity contribution in [1.82, 2.24) is 9.88 Å². The zero-order valence-electron chi connectivity index (χ0n) is 16.8. The Kier molecular flexibility index (Phi) is 5.63. The van der Waals surface area contributed by atoms with Crippen LogP contribution in [0.1, 0.15) is 11.3 Å². The summed E-state index contributed by atoms with van der Waals surface area (Å²) >= 11 is 11.2. The van der Waals surface area contributed by atoms with Gasteiger partial charge in [-0.3, -0.25) is 19.8 Å². The number of thiocarbonyl (C=S) groups is 1. The number of carbonyl (C=O) groups is 2. The highest BCUT2D eigenvalue weighted by Crippen LogP contribution is 2.25. The Morgan fingerprint density at radius 2 is 1.68 bits per heavy atom. The van der Waals surface area contributed by atoms with E-state index in [1.54, 1.807) is 37.5 Å². The number of hydrogen-bond donors (Lipinski definition) is 1. The van der Waals surface area contributed by atoms with Crippen molar-refractivity contribution in [2.45, 2.75) is 6.92 Å². The van der Waals surface area contributed by atoms with Crippen LogP contribution in [0.4, 0.5) is 5.69 Å². The number of benzene rings is 2. The third-order valence-electron chi connectivity index (χ3n) is 4.88. The predicted octanol–water partition coefficient (Wildman–Crippen LogP) is 4.28. The molecule has 0 unspecified atom stereocenters. The fourth-order valence-corrected chi connectivity index (χ4v) is 3.75. The van der Waals surface area contributed by atoms with Crippen LogP contribution in [0.25, 0.3) is 11.8 Å². The molecule has 1 aromatic heterocycles. The lowest BCUT2D eigenvalue weighted by molar-refractivity contribution is -0.122. The molecule has 1 saturated heterocycles. The number of nitrogens with zero attached hydrogens (tertiary/aromatic N) is 2. The molecule has 0 radical (unpaired) electrons. The Hall–Kier alpha value is -3.42. The molecule has 31 heavy (non-hydrogen) atoms. The number of nitrogens with one attached hydrogen (secondary N) is 1. The van der Waals surface area contributed by atoms with Gasteiger partial charge in [-0.15, -0.1) is 0 Å². The summed E-state index contributed by atoms with van der Waals surface area (Å²) in [7, 11) is 1.62. The molecule has 0 bridgehead atoms. The first kappa shape index (κ1) is 20.8. The van der Waals surface area contributed by atoms with Crippen LogP contribution in [-0.4, -0.2) is 28.6 Å². The molecule has 2 amide bonds. The molecule has 2 aromatic carbocycles. The summed E-state index contributed by atoms with van der Waals surface area (Å²) in [5.74, 6) is -0.264. The molecule has 0 aliphatic carbocycles. The van der Waals surface area contributed by atoms with Gasteiger partial charge in [-0.1, -0.05) is 11.6 Å². The Balaban J connectivity index is 1.68. The highest BCUT2D eigenvalue weighted by molar-refractivity contribution is 7.80. The van der Waals surface area contributed by atoms with Crippen molar-refractivity contribution in [3.05, 3.63) is 82.6 Å². The number of aryl methyl sites for hydroxylation is 1. The summed E-state index contributed by atoms with van der Waals surface area (Å²) in [4.78, 5) is 26.9. The summed E-state index contributed by atoms with van der Waals surface area (Å²) in [5.41, 5.74) is 3.13. The molecule has 2 heterocycles. The Labute approximate surface area is 189 Å². The number of rotatable bonds is 4. The third kappa shape index (κ3) is 4.10. The van der Waals surface area contributed by atoms with Crippen LogP contribution in [-0.2, 0) is 9.59 Å². The minimum atomic E-state index is -0.532. The highest BCUT2D eigenvalue weighted by atomic mass is 35.5. The monoisotopic (exact) mass is 451 g/mol. The van der Waals surface area contributed by atoms with Gasteiger partial charge in [0.05, 0.1) is 12.8 Å². The Bertz CT molecular complexity index is 1210. The topological polar surface area (TPSA) is 63.6 Å². The average molecular weight is 452 g/mol. The van der Waals surface area contributed by atoms with E-state index in [1.165, 1.54) is 4.90 Å². The van der Waals surface area contributed by atoms with E-state index in [-0.39, 0.29) is 10.7 Å². The zero-order chi connectivity index (χ0) is 22.1. The van der Waals surface area contributed by atoms with Gasteiger partial charge in [-0.25, -0.2) is 0 Å². The number of amides is 2. The predicted molar refractivity (Wildman–Crippen MR) is 125 cm³/mol. The maximum Gasteiger partial charge on any atom is 0.270 e. The van der Waals surface area contributed by atoms with E-state index in [0.717, 1.165) is 22.7 Å². The molecule has 0 atom stereocenters. The van der Waals surface area contributed by atoms with Gasteiger partial charge < -0.3 is 9.30 Å². The molecule has 1 N–H and O–H groups in total. The first-order chi connectivity index (χ1) is 14.9. The van der Waals surface area contributed by atoms with Crippen LogP contribution < -0.4 is 15.0 Å². The van der Waals surface area contributed by atoms with E-state index >= 15 is 0 Å². The second-order valence-corrected chi connectivity index (χ2v) is 7.74. The van der Waals surface area contributed by atoms with Crippen molar-refractivity contribution in [2.75, 3.05) is 12.0 Å². The molecule has 156 valence electrons. The molecule has 3 aromatic rings. The summed E-state index contributed by atoms with van der Waals surface area (Å²) in [6.45, 7) is 1.95. The van der Waals surface area contributed by atoms with E-state index in [4.69, 9.17) is 28.6 Å². The summed E-state index contributed by atoms with van der Waals surface area (Å²) in [6.07, 6.45) is 3.43. The SMILES string of the molecule is COc1ccc(-n2cc(/C=C3/C(=O)NC(=S)N(c4ccc(Cl)cc4)C3=O)cc2C)cc1. The van der Waals surface area contributed by atoms with Gasteiger partial charge in [0.2, 0.25) is 0 Å². The van der Waals surface area contributed by atoms with Crippen molar-refractivity contribution in [3.63, 3.8) is 0 Å². The molecule has 6 nitrogen and oxygen atoms in total. The first-order valence-corrected chi connectivity index (χ1v) is 10.2. The summed E-state index contributed by atoms with van der Waals surface area (Å²) in [6, 6.07) is 16.2. The summed E-state index contributed by atoms with van der Waals surface area (Å²) < 4.78 is 7.17. The van der Waals surface area contributed by atoms with Crippen molar-refractivity contribution < 1.29 is 14.3 Å². The maximum absolute atomic E-state index is 13.1. The number of hydrogen-bond acceptors (Lipinski definition) is 4. The Morgan fingerprint density at radius 1 is 1.03 bits per heavy atom. The first-order valence-electron chi connectivity index (χ1n) is 9.38. The fraction of sp³-hybridized carbons (Fsp3) is 0.0870. The Morgan fingerprint density at radius 3 is 2.32 bits per heavy atom. The maximum atomic E-state index is 13.1. The van der Waals surface area contributed by atoms with Crippen LogP contribution >= 0.6 is 23.8 Å². The van der Waals surface area contributed by atoms with Gasteiger partial charge in [0.15, 0.2) is 5.11 Å². The zero-order valence-corrected chi connectivity index (χ0v) is 18.3. The minimum Gasteiger partial charge on any atom is -0.497 e. The molecule has 4 rings (SSSR count). The van der Waals surface area contributed by atoms with Crippen molar-refractivity contribution in [1.29, 1.82) is 0 Å². The van der Waals surface area contributed by atoms with E-state index in [1.807, 2.05) is 48.0 Å².